The van der Waals surface area contributed by atoms with E-state index >= 15 is 0 Å². The summed E-state index contributed by atoms with van der Waals surface area (Å²) in [4.78, 5) is 25.1. The van der Waals surface area contributed by atoms with Crippen molar-refractivity contribution in [3.63, 3.8) is 0 Å². The first-order valence-electron chi connectivity index (χ1n) is 10.5. The van der Waals surface area contributed by atoms with Crippen molar-refractivity contribution in [1.82, 2.24) is 0 Å². The molecule has 31 heavy (non-hydrogen) atoms. The lowest BCUT2D eigenvalue weighted by Crippen LogP contribution is -2.51. The number of nitrogens with two attached hydrogens (primary N) is 1. The number of halogens is 3. The Labute approximate surface area is 178 Å². The number of rotatable bonds is 3. The second-order valence-corrected chi connectivity index (χ2v) is 8.51. The summed E-state index contributed by atoms with van der Waals surface area (Å²) >= 11 is 0. The number of anilines is 1. The molecule has 0 bridgehead atoms. The number of aryl methyl sites for hydroxylation is 1. The van der Waals surface area contributed by atoms with Gasteiger partial charge < -0.3 is 10.5 Å². The van der Waals surface area contributed by atoms with Gasteiger partial charge in [0.15, 0.2) is 5.78 Å². The zero-order valence-electron chi connectivity index (χ0n) is 17.0. The van der Waals surface area contributed by atoms with Gasteiger partial charge in [-0.25, -0.2) is 4.79 Å². The average molecular weight is 431 g/mol. The highest BCUT2D eigenvalue weighted by atomic mass is 19.4. The summed E-state index contributed by atoms with van der Waals surface area (Å²) in [5.74, 6) is -3.11. The molecule has 0 saturated heterocycles. The molecule has 4 nitrogen and oxygen atoms in total. The molecular weight excluding hydrogens is 407 g/mol. The van der Waals surface area contributed by atoms with Crippen molar-refractivity contribution in [1.29, 1.82) is 0 Å². The average Bonchev–Trinajstić information content (AvgIpc) is 2.74. The molecule has 1 fully saturated rings. The fourth-order valence-electron chi connectivity index (χ4n) is 5.07. The van der Waals surface area contributed by atoms with E-state index in [-0.39, 0.29) is 24.5 Å². The standard InChI is InChI=1S/C24H24F3NO3/c25-24(26,27)22(30)31-23(20-10-7-17-3-1-2-4-19(17)21(20)29)13-11-16(12-14-23)15-5-8-18(28)9-6-15/h1-6,8-9,16,20H,7,10-14,28H2. The first-order chi connectivity index (χ1) is 14.7. The van der Waals surface area contributed by atoms with Crippen LogP contribution in [0.3, 0.4) is 0 Å². The van der Waals surface area contributed by atoms with Crippen molar-refractivity contribution >= 4 is 17.4 Å². The quantitative estimate of drug-likeness (QED) is 0.535. The van der Waals surface area contributed by atoms with Crippen molar-refractivity contribution in [3.8, 4) is 0 Å². The third-order valence-electron chi connectivity index (χ3n) is 6.70. The summed E-state index contributed by atoms with van der Waals surface area (Å²) in [6.45, 7) is 0. The third kappa shape index (κ3) is 4.18. The minimum atomic E-state index is -5.10. The van der Waals surface area contributed by atoms with Gasteiger partial charge in [0.2, 0.25) is 0 Å². The van der Waals surface area contributed by atoms with Gasteiger partial charge in [-0.15, -0.1) is 0 Å². The van der Waals surface area contributed by atoms with Gasteiger partial charge in [0.1, 0.15) is 5.60 Å². The van der Waals surface area contributed by atoms with Crippen LogP contribution in [0, 0.1) is 5.92 Å². The number of hydrogen-bond donors (Lipinski definition) is 1. The van der Waals surface area contributed by atoms with Crippen LogP contribution < -0.4 is 5.73 Å². The summed E-state index contributed by atoms with van der Waals surface area (Å²) in [6.07, 6.45) is -2.69. The van der Waals surface area contributed by atoms with E-state index in [1.54, 1.807) is 24.3 Å². The van der Waals surface area contributed by atoms with Crippen molar-refractivity contribution in [3.05, 3.63) is 65.2 Å². The van der Waals surface area contributed by atoms with E-state index in [4.69, 9.17) is 10.5 Å². The summed E-state index contributed by atoms with van der Waals surface area (Å²) in [5, 5.41) is 0. The summed E-state index contributed by atoms with van der Waals surface area (Å²) in [5.41, 5.74) is 7.39. The van der Waals surface area contributed by atoms with Crippen LogP contribution in [0.1, 0.15) is 59.5 Å². The second kappa shape index (κ2) is 8.02. The molecule has 4 rings (SSSR count). The molecule has 0 aromatic heterocycles. The fraction of sp³-hybridized carbons (Fsp3) is 0.417. The number of benzene rings is 2. The lowest BCUT2D eigenvalue weighted by Gasteiger charge is -2.45. The van der Waals surface area contributed by atoms with Gasteiger partial charge in [-0.2, -0.15) is 13.2 Å². The lowest BCUT2D eigenvalue weighted by molar-refractivity contribution is -0.221. The van der Waals surface area contributed by atoms with Gasteiger partial charge in [0.25, 0.3) is 0 Å². The van der Waals surface area contributed by atoms with Gasteiger partial charge in [-0.3, -0.25) is 4.79 Å². The normalized spacial score (nSPS) is 26.2. The van der Waals surface area contributed by atoms with Crippen LogP contribution in [0.25, 0.3) is 0 Å². The van der Waals surface area contributed by atoms with Gasteiger partial charge in [0.05, 0.1) is 5.92 Å². The van der Waals surface area contributed by atoms with Gasteiger partial charge in [0, 0.05) is 11.3 Å². The minimum absolute atomic E-state index is 0.115. The Morgan fingerprint density at radius 3 is 2.29 bits per heavy atom. The number of esters is 1. The predicted octanol–water partition coefficient (Wildman–Crippen LogP) is 5.22. The van der Waals surface area contributed by atoms with E-state index in [0.29, 0.717) is 36.9 Å². The molecule has 1 atom stereocenters. The zero-order chi connectivity index (χ0) is 22.2. The highest BCUT2D eigenvalue weighted by molar-refractivity contribution is 6.01. The number of hydrogen-bond acceptors (Lipinski definition) is 4. The zero-order valence-corrected chi connectivity index (χ0v) is 17.0. The monoisotopic (exact) mass is 431 g/mol. The molecule has 0 amide bonds. The number of fused-ring (bicyclic) bond motifs is 1. The Hall–Kier alpha value is -2.83. The highest BCUT2D eigenvalue weighted by Crippen LogP contribution is 2.48. The van der Waals surface area contributed by atoms with Crippen LogP contribution in [-0.4, -0.2) is 23.5 Å². The molecule has 0 radical (unpaired) electrons. The summed E-state index contributed by atoms with van der Waals surface area (Å²) in [7, 11) is 0. The van der Waals surface area contributed by atoms with Crippen molar-refractivity contribution in [2.24, 2.45) is 5.92 Å². The van der Waals surface area contributed by atoms with Crippen LogP contribution in [-0.2, 0) is 16.0 Å². The number of ketones is 1. The Morgan fingerprint density at radius 2 is 1.65 bits per heavy atom. The molecule has 2 aliphatic carbocycles. The van der Waals surface area contributed by atoms with E-state index in [1.165, 1.54) is 0 Å². The molecule has 1 saturated carbocycles. The molecule has 7 heteroatoms. The van der Waals surface area contributed by atoms with Crippen LogP contribution >= 0.6 is 0 Å². The van der Waals surface area contributed by atoms with Gasteiger partial charge in [-0.05, 0) is 67.7 Å². The number of Topliss-reactive ketones (excluding diaryl/α,β-unsaturated/α-hetero) is 1. The van der Waals surface area contributed by atoms with E-state index in [1.807, 2.05) is 24.3 Å². The Balaban J connectivity index is 1.62. The molecule has 2 N–H and O–H groups in total. The lowest BCUT2D eigenvalue weighted by atomic mass is 9.65. The van der Waals surface area contributed by atoms with E-state index in [2.05, 4.69) is 0 Å². The van der Waals surface area contributed by atoms with Crippen LogP contribution in [0.2, 0.25) is 0 Å². The van der Waals surface area contributed by atoms with Gasteiger partial charge >= 0.3 is 12.1 Å². The molecule has 2 aromatic rings. The molecule has 0 aliphatic heterocycles. The first kappa shape index (κ1) is 21.4. The number of nitrogen functional groups attached to an aromatic ring is 1. The van der Waals surface area contributed by atoms with Crippen molar-refractivity contribution < 1.29 is 27.5 Å². The van der Waals surface area contributed by atoms with Gasteiger partial charge in [-0.1, -0.05) is 36.4 Å². The van der Waals surface area contributed by atoms with E-state index in [9.17, 15) is 22.8 Å². The smallest absolute Gasteiger partial charge is 0.452 e. The number of alkyl halides is 3. The first-order valence-corrected chi connectivity index (χ1v) is 10.5. The Kier molecular flexibility index (Phi) is 5.54. The largest absolute Gasteiger partial charge is 0.490 e. The Bertz CT molecular complexity index is 976. The predicted molar refractivity (Wildman–Crippen MR) is 110 cm³/mol. The maximum absolute atomic E-state index is 13.3. The fourth-order valence-corrected chi connectivity index (χ4v) is 5.07. The Morgan fingerprint density at radius 1 is 1.00 bits per heavy atom. The molecule has 2 aliphatic rings. The van der Waals surface area contributed by atoms with Crippen molar-refractivity contribution in [2.45, 2.75) is 56.2 Å². The summed E-state index contributed by atoms with van der Waals surface area (Å²) in [6, 6.07) is 14.5. The molecule has 0 spiro atoms. The van der Waals surface area contributed by atoms with Crippen LogP contribution in [0.5, 0.6) is 0 Å². The van der Waals surface area contributed by atoms with Crippen molar-refractivity contribution in [2.75, 3.05) is 5.73 Å². The third-order valence-corrected chi connectivity index (χ3v) is 6.70. The van der Waals surface area contributed by atoms with Crippen LogP contribution in [0.15, 0.2) is 48.5 Å². The molecule has 2 aromatic carbocycles. The molecule has 1 unspecified atom stereocenters. The maximum atomic E-state index is 13.3. The highest BCUT2D eigenvalue weighted by Gasteiger charge is 2.53. The van der Waals surface area contributed by atoms with E-state index in [0.717, 1.165) is 11.1 Å². The van der Waals surface area contributed by atoms with E-state index < -0.39 is 23.7 Å². The number of ether oxygens (including phenoxy) is 1. The topological polar surface area (TPSA) is 69.4 Å². The second-order valence-electron chi connectivity index (χ2n) is 8.51. The maximum Gasteiger partial charge on any atom is 0.490 e. The summed E-state index contributed by atoms with van der Waals surface area (Å²) < 4.78 is 44.4. The minimum Gasteiger partial charge on any atom is -0.452 e. The molecular formula is C24H24F3NO3. The number of carbonyl (C=O) groups excluding carboxylic acids is 2. The molecule has 0 heterocycles. The van der Waals surface area contributed by atoms with Crippen LogP contribution in [0.4, 0.5) is 18.9 Å². The SMILES string of the molecule is Nc1ccc(C2CCC(OC(=O)C(F)(F)F)(C3CCc4ccccc4C3=O)CC2)cc1. The molecule has 164 valence electrons. The number of carbonyl (C=O) groups is 2.